The molecule has 2 aliphatic heterocycles. The second kappa shape index (κ2) is 16.1. The van der Waals surface area contributed by atoms with Crippen LogP contribution in [0.4, 0.5) is 0 Å². The van der Waals surface area contributed by atoms with Crippen LogP contribution in [0, 0.1) is 0 Å². The minimum Gasteiger partial charge on any atom is -0.491 e. The number of likely N-dealkylation sites (N-methyl/N-ethyl adjacent to an activating group) is 1. The Morgan fingerprint density at radius 1 is 0.953 bits per heavy atom. The van der Waals surface area contributed by atoms with Gasteiger partial charge in [0.2, 0.25) is 17.7 Å². The molecule has 1 fully saturated rings. The summed E-state index contributed by atoms with van der Waals surface area (Å²) in [5.74, 6) is -1.39. The van der Waals surface area contributed by atoms with Crippen LogP contribution in [0.3, 0.4) is 0 Å². The molecule has 43 heavy (non-hydrogen) atoms. The largest absolute Gasteiger partial charge is 0.491 e. The lowest BCUT2D eigenvalue weighted by molar-refractivity contribution is -0.137. The molecule has 0 spiro atoms. The van der Waals surface area contributed by atoms with E-state index in [0.717, 1.165) is 31.6 Å². The van der Waals surface area contributed by atoms with Gasteiger partial charge in [0.25, 0.3) is 5.91 Å². The molecule has 10 heteroatoms. The number of ether oxygens (including phenoxy) is 1. The quantitative estimate of drug-likeness (QED) is 0.426. The highest BCUT2D eigenvalue weighted by Gasteiger charge is 2.30. The maximum absolute atomic E-state index is 13.4. The monoisotopic (exact) mass is 591 g/mol. The van der Waals surface area contributed by atoms with Gasteiger partial charge in [-0.1, -0.05) is 55.3 Å². The van der Waals surface area contributed by atoms with E-state index in [4.69, 9.17) is 4.74 Å². The van der Waals surface area contributed by atoms with Gasteiger partial charge in [-0.25, -0.2) is 0 Å². The van der Waals surface area contributed by atoms with E-state index in [1.165, 1.54) is 25.7 Å². The Labute approximate surface area is 254 Å². The van der Waals surface area contributed by atoms with E-state index >= 15 is 0 Å². The van der Waals surface area contributed by atoms with Crippen LogP contribution in [0.1, 0.15) is 61.4 Å². The highest BCUT2D eigenvalue weighted by molar-refractivity contribution is 6.01. The van der Waals surface area contributed by atoms with Crippen LogP contribution in [-0.4, -0.2) is 91.4 Å². The van der Waals surface area contributed by atoms with E-state index < -0.39 is 29.8 Å². The van der Waals surface area contributed by atoms with Crippen LogP contribution in [0.25, 0.3) is 0 Å². The fourth-order valence-electron chi connectivity index (χ4n) is 5.64. The minimum atomic E-state index is -1.12. The minimum absolute atomic E-state index is 0.128. The first-order chi connectivity index (χ1) is 20.8. The molecule has 0 saturated carbocycles. The van der Waals surface area contributed by atoms with Crippen LogP contribution in [0.2, 0.25) is 0 Å². The number of carbonyl (C=O) groups excluding carboxylic acids is 4. The third kappa shape index (κ3) is 9.54. The first kappa shape index (κ1) is 32.0. The molecule has 232 valence electrons. The van der Waals surface area contributed by atoms with E-state index in [1.807, 2.05) is 30.3 Å². The van der Waals surface area contributed by atoms with Gasteiger partial charge in [0.1, 0.15) is 24.4 Å². The van der Waals surface area contributed by atoms with Crippen LogP contribution >= 0.6 is 0 Å². The number of amides is 4. The van der Waals surface area contributed by atoms with Gasteiger partial charge in [-0.2, -0.15) is 0 Å². The third-order valence-corrected chi connectivity index (χ3v) is 8.18. The van der Waals surface area contributed by atoms with E-state index in [-0.39, 0.29) is 30.5 Å². The van der Waals surface area contributed by atoms with Crippen molar-refractivity contribution < 1.29 is 23.9 Å². The molecule has 0 bridgehead atoms. The molecular weight excluding hydrogens is 546 g/mol. The van der Waals surface area contributed by atoms with Crippen molar-refractivity contribution in [2.24, 2.45) is 0 Å². The van der Waals surface area contributed by atoms with Gasteiger partial charge < -0.3 is 30.5 Å². The first-order valence-electron chi connectivity index (χ1n) is 15.4. The van der Waals surface area contributed by atoms with Gasteiger partial charge in [0.05, 0.1) is 18.0 Å². The molecule has 0 radical (unpaired) electrons. The zero-order chi connectivity index (χ0) is 30.6. The van der Waals surface area contributed by atoms with Crippen molar-refractivity contribution in [1.29, 1.82) is 0 Å². The standard InChI is InChI=1S/C33H45N5O5/c1-24-33(42)37(2)26(21-25-13-6-5-7-14-25)23-43-29-16-9-8-15-27(29)31(40)36-28(22-30(39)35-24)32(41)34-17-12-20-38-18-10-3-4-11-19-38/h5-9,13-16,24,26,28H,3-4,10-12,17-23H2,1-2H3,(H,34,41)(H,35,39)(H,36,40)/t24-,26-,28-/m0/s1. The maximum atomic E-state index is 13.4. The second-order valence-electron chi connectivity index (χ2n) is 11.5. The molecule has 1 saturated heterocycles. The molecule has 2 heterocycles. The van der Waals surface area contributed by atoms with Gasteiger partial charge >= 0.3 is 0 Å². The Balaban J connectivity index is 1.48. The van der Waals surface area contributed by atoms with E-state index in [0.29, 0.717) is 18.7 Å². The zero-order valence-corrected chi connectivity index (χ0v) is 25.3. The zero-order valence-electron chi connectivity index (χ0n) is 25.3. The fraction of sp³-hybridized carbons (Fsp3) is 0.515. The molecule has 2 aromatic carbocycles. The van der Waals surface area contributed by atoms with Gasteiger partial charge in [-0.15, -0.1) is 0 Å². The molecular formula is C33H45N5O5. The van der Waals surface area contributed by atoms with Gasteiger partial charge in [-0.3, -0.25) is 19.2 Å². The number of nitrogens with zero attached hydrogens (tertiary/aromatic N) is 2. The molecule has 4 amide bonds. The maximum Gasteiger partial charge on any atom is 0.255 e. The van der Waals surface area contributed by atoms with Crippen molar-refractivity contribution in [2.45, 2.75) is 70.0 Å². The number of nitrogens with one attached hydrogen (secondary N) is 3. The van der Waals surface area contributed by atoms with Gasteiger partial charge in [0, 0.05) is 13.6 Å². The Hall–Kier alpha value is -3.92. The summed E-state index contributed by atoms with van der Waals surface area (Å²) in [5.41, 5.74) is 1.28. The smallest absolute Gasteiger partial charge is 0.255 e. The summed E-state index contributed by atoms with van der Waals surface area (Å²) in [6.07, 6.45) is 5.92. The second-order valence-corrected chi connectivity index (χ2v) is 11.5. The predicted octanol–water partition coefficient (Wildman–Crippen LogP) is 2.52. The number of likely N-dealkylation sites (tertiary alicyclic amines) is 1. The highest BCUT2D eigenvalue weighted by atomic mass is 16.5. The van der Waals surface area contributed by atoms with Crippen LogP contribution in [0.5, 0.6) is 5.75 Å². The van der Waals surface area contributed by atoms with E-state index in [2.05, 4.69) is 20.9 Å². The Morgan fingerprint density at radius 2 is 1.65 bits per heavy atom. The van der Waals surface area contributed by atoms with Gasteiger partial charge in [0.15, 0.2) is 0 Å². The number of rotatable bonds is 7. The lowest BCUT2D eigenvalue weighted by Crippen LogP contribution is -2.54. The summed E-state index contributed by atoms with van der Waals surface area (Å²) < 4.78 is 6.16. The molecule has 3 N–H and O–H groups in total. The van der Waals surface area contributed by atoms with Crippen molar-refractivity contribution in [3.8, 4) is 5.75 Å². The lowest BCUT2D eigenvalue weighted by Gasteiger charge is -2.31. The molecule has 10 nitrogen and oxygen atoms in total. The number of hydrogen-bond donors (Lipinski definition) is 3. The van der Waals surface area contributed by atoms with E-state index in [1.54, 1.807) is 43.1 Å². The number of fused-ring (bicyclic) bond motifs is 1. The molecule has 0 aromatic heterocycles. The predicted molar refractivity (Wildman–Crippen MR) is 165 cm³/mol. The Bertz CT molecular complexity index is 1230. The summed E-state index contributed by atoms with van der Waals surface area (Å²) in [6.45, 7) is 5.23. The van der Waals surface area contributed by atoms with Crippen molar-refractivity contribution in [3.05, 3.63) is 65.7 Å². The molecule has 2 aliphatic rings. The van der Waals surface area contributed by atoms with Crippen LogP contribution in [-0.2, 0) is 20.8 Å². The number of carbonyl (C=O) groups is 4. The Kier molecular flexibility index (Phi) is 12.0. The van der Waals surface area contributed by atoms with Crippen molar-refractivity contribution in [2.75, 3.05) is 39.8 Å². The summed E-state index contributed by atoms with van der Waals surface area (Å²) in [5, 5.41) is 8.36. The molecule has 2 aromatic rings. The van der Waals surface area contributed by atoms with Crippen molar-refractivity contribution in [1.82, 2.24) is 25.8 Å². The average molecular weight is 592 g/mol. The molecule has 0 aliphatic carbocycles. The molecule has 4 rings (SSSR count). The third-order valence-electron chi connectivity index (χ3n) is 8.18. The SMILES string of the molecule is C[C@@H]1NC(=O)C[C@@H](C(=O)NCCCN2CCCCCC2)NC(=O)c2ccccc2OC[C@H](Cc2ccccc2)N(C)C1=O. The summed E-state index contributed by atoms with van der Waals surface area (Å²) in [7, 11) is 1.69. The Morgan fingerprint density at radius 3 is 2.40 bits per heavy atom. The first-order valence-corrected chi connectivity index (χ1v) is 15.4. The van der Waals surface area contributed by atoms with Crippen LogP contribution in [0.15, 0.2) is 54.6 Å². The van der Waals surface area contributed by atoms with Gasteiger partial charge in [-0.05, 0) is 69.9 Å². The van der Waals surface area contributed by atoms with Crippen molar-refractivity contribution >= 4 is 23.6 Å². The average Bonchev–Trinajstić information content (AvgIpc) is 3.29. The molecule has 0 unspecified atom stereocenters. The number of para-hydroxylation sites is 1. The molecule has 3 atom stereocenters. The summed E-state index contributed by atoms with van der Waals surface area (Å²) in [6, 6.07) is 14.2. The van der Waals surface area contributed by atoms with Crippen LogP contribution < -0.4 is 20.7 Å². The normalized spacial score (nSPS) is 22.7. The lowest BCUT2D eigenvalue weighted by atomic mass is 10.0. The number of benzene rings is 2. The summed E-state index contributed by atoms with van der Waals surface area (Å²) in [4.78, 5) is 57.2. The fourth-order valence-corrected chi connectivity index (χ4v) is 5.64. The summed E-state index contributed by atoms with van der Waals surface area (Å²) >= 11 is 0. The van der Waals surface area contributed by atoms with Crippen molar-refractivity contribution in [3.63, 3.8) is 0 Å². The topological polar surface area (TPSA) is 120 Å². The number of hydrogen-bond acceptors (Lipinski definition) is 6. The highest BCUT2D eigenvalue weighted by Crippen LogP contribution is 2.20. The van der Waals surface area contributed by atoms with E-state index in [9.17, 15) is 19.2 Å².